The molecule has 0 spiro atoms. The fraction of sp³-hybridized carbons (Fsp3) is 0.250. The van der Waals surface area contributed by atoms with E-state index in [1.54, 1.807) is 65.6 Å². The largest absolute Gasteiger partial charge is 0.438 e. The molecule has 2 atom stereocenters. The van der Waals surface area contributed by atoms with E-state index in [1.807, 2.05) is 6.07 Å². The third kappa shape index (κ3) is 4.93. The van der Waals surface area contributed by atoms with Crippen molar-refractivity contribution in [1.82, 2.24) is 9.80 Å². The van der Waals surface area contributed by atoms with Gasteiger partial charge in [-0.3, -0.25) is 14.5 Å². The van der Waals surface area contributed by atoms with Gasteiger partial charge in [0.05, 0.1) is 6.54 Å². The van der Waals surface area contributed by atoms with Crippen LogP contribution in [-0.4, -0.2) is 46.8 Å². The van der Waals surface area contributed by atoms with Crippen LogP contribution in [0.3, 0.4) is 0 Å². The molecule has 36 heavy (non-hydrogen) atoms. The first-order chi connectivity index (χ1) is 17.5. The predicted octanol–water partition coefficient (Wildman–Crippen LogP) is 4.76. The zero-order valence-electron chi connectivity index (χ0n) is 19.6. The molecule has 0 saturated carbocycles. The van der Waals surface area contributed by atoms with E-state index < -0.39 is 18.2 Å². The second-order valence-electron chi connectivity index (χ2n) is 8.98. The van der Waals surface area contributed by atoms with Gasteiger partial charge in [-0.05, 0) is 60.4 Å². The van der Waals surface area contributed by atoms with Gasteiger partial charge in [-0.2, -0.15) is 0 Å². The maximum atomic E-state index is 13.5. The molecule has 3 aromatic rings. The zero-order chi connectivity index (χ0) is 25.1. The summed E-state index contributed by atoms with van der Waals surface area (Å²) in [4.78, 5) is 42.1. The van der Waals surface area contributed by atoms with Crippen LogP contribution in [0, 0.1) is 5.82 Å². The molecule has 7 nitrogen and oxygen atoms in total. The van der Waals surface area contributed by atoms with Crippen LogP contribution >= 0.6 is 0 Å². The van der Waals surface area contributed by atoms with Crippen molar-refractivity contribution in [3.05, 3.63) is 101 Å². The lowest BCUT2D eigenvalue weighted by Crippen LogP contribution is -2.47. The van der Waals surface area contributed by atoms with E-state index >= 15 is 0 Å². The summed E-state index contributed by atoms with van der Waals surface area (Å²) in [6.45, 7) is 1.42. The Balaban J connectivity index is 1.38. The molecule has 0 aromatic heterocycles. The molecule has 8 heteroatoms. The van der Waals surface area contributed by atoms with E-state index in [9.17, 15) is 18.8 Å². The van der Waals surface area contributed by atoms with Crippen molar-refractivity contribution in [1.29, 1.82) is 0 Å². The highest BCUT2D eigenvalue weighted by molar-refractivity contribution is 6.04. The lowest BCUT2D eigenvalue weighted by atomic mass is 10.00. The Kier molecular flexibility index (Phi) is 6.66. The van der Waals surface area contributed by atoms with Crippen molar-refractivity contribution in [2.45, 2.75) is 31.5 Å². The standard InChI is InChI=1S/C28H26FN3O4/c29-22-12-8-19(9-13-22)18-32-24(27(34)31-16-4-5-17-31)25(36-28(32)35)20-10-14-23(15-11-20)30-26(33)21-6-2-1-3-7-21/h1-3,6-15,24-25H,4-5,16-18H2,(H,30,33). The minimum Gasteiger partial charge on any atom is -0.438 e. The van der Waals surface area contributed by atoms with Crippen LogP contribution in [-0.2, 0) is 16.1 Å². The number of anilines is 1. The van der Waals surface area contributed by atoms with Crippen molar-refractivity contribution in [2.75, 3.05) is 18.4 Å². The third-order valence-corrected chi connectivity index (χ3v) is 6.55. The molecular weight excluding hydrogens is 461 g/mol. The first-order valence-corrected chi connectivity index (χ1v) is 12.0. The van der Waals surface area contributed by atoms with E-state index in [0.717, 1.165) is 12.8 Å². The number of halogens is 1. The summed E-state index contributed by atoms with van der Waals surface area (Å²) in [5, 5.41) is 2.85. The van der Waals surface area contributed by atoms with Crippen LogP contribution in [0.15, 0.2) is 78.9 Å². The maximum Gasteiger partial charge on any atom is 0.411 e. The van der Waals surface area contributed by atoms with Crippen LogP contribution in [0.2, 0.25) is 0 Å². The van der Waals surface area contributed by atoms with Gasteiger partial charge in [0.1, 0.15) is 5.82 Å². The van der Waals surface area contributed by atoms with Crippen LogP contribution in [0.5, 0.6) is 0 Å². The normalized spacial score (nSPS) is 19.3. The Bertz CT molecular complexity index is 1240. The number of carbonyl (C=O) groups is 3. The summed E-state index contributed by atoms with van der Waals surface area (Å²) < 4.78 is 19.1. The number of hydrogen-bond donors (Lipinski definition) is 1. The third-order valence-electron chi connectivity index (χ3n) is 6.55. The molecule has 2 unspecified atom stereocenters. The molecule has 0 aliphatic carbocycles. The van der Waals surface area contributed by atoms with Gasteiger partial charge in [-0.15, -0.1) is 0 Å². The molecule has 1 N–H and O–H groups in total. The van der Waals surface area contributed by atoms with Crippen LogP contribution < -0.4 is 5.32 Å². The molecule has 2 aliphatic rings. The molecule has 0 bridgehead atoms. The van der Waals surface area contributed by atoms with Crippen molar-refractivity contribution < 1.29 is 23.5 Å². The molecule has 2 fully saturated rings. The Labute approximate surface area is 208 Å². The second-order valence-corrected chi connectivity index (χ2v) is 8.98. The van der Waals surface area contributed by atoms with Crippen molar-refractivity contribution in [3.63, 3.8) is 0 Å². The highest BCUT2D eigenvalue weighted by atomic mass is 19.1. The first kappa shape index (κ1) is 23.5. The molecule has 2 aliphatic heterocycles. The number of nitrogens with zero attached hydrogens (tertiary/aromatic N) is 2. The van der Waals surface area contributed by atoms with Gasteiger partial charge in [0.25, 0.3) is 5.91 Å². The number of nitrogens with one attached hydrogen (secondary N) is 1. The van der Waals surface area contributed by atoms with Crippen LogP contribution in [0.25, 0.3) is 0 Å². The van der Waals surface area contributed by atoms with Gasteiger partial charge in [0.2, 0.25) is 5.91 Å². The Hall–Kier alpha value is -4.20. The van der Waals surface area contributed by atoms with Crippen molar-refractivity contribution in [2.24, 2.45) is 0 Å². The van der Waals surface area contributed by atoms with Gasteiger partial charge in [-0.1, -0.05) is 42.5 Å². The molecule has 3 aromatic carbocycles. The number of carbonyl (C=O) groups excluding carboxylic acids is 3. The number of likely N-dealkylation sites (tertiary alicyclic amines) is 1. The molecule has 5 rings (SSSR count). The van der Waals surface area contributed by atoms with E-state index in [2.05, 4.69) is 5.32 Å². The SMILES string of the molecule is O=C(Nc1ccc(C2OC(=O)N(Cc3ccc(F)cc3)C2C(=O)N2CCCC2)cc1)c1ccccc1. The molecule has 3 amide bonds. The summed E-state index contributed by atoms with van der Waals surface area (Å²) >= 11 is 0. The number of amides is 3. The van der Waals surface area contributed by atoms with Gasteiger partial charge in [-0.25, -0.2) is 9.18 Å². The Morgan fingerprint density at radius 2 is 1.58 bits per heavy atom. The summed E-state index contributed by atoms with van der Waals surface area (Å²) in [5.41, 5.74) is 2.48. The predicted molar refractivity (Wildman–Crippen MR) is 132 cm³/mol. The first-order valence-electron chi connectivity index (χ1n) is 12.0. The Morgan fingerprint density at radius 1 is 0.917 bits per heavy atom. The molecule has 2 heterocycles. The van der Waals surface area contributed by atoms with Crippen molar-refractivity contribution >= 4 is 23.6 Å². The number of cyclic esters (lactones) is 1. The fourth-order valence-corrected chi connectivity index (χ4v) is 4.65. The quantitative estimate of drug-likeness (QED) is 0.544. The average Bonchev–Trinajstić information content (AvgIpc) is 3.55. The summed E-state index contributed by atoms with van der Waals surface area (Å²) in [6, 6.07) is 20.8. The highest BCUT2D eigenvalue weighted by Gasteiger charge is 2.48. The smallest absolute Gasteiger partial charge is 0.411 e. The molecule has 184 valence electrons. The van der Waals surface area contributed by atoms with Crippen LogP contribution in [0.1, 0.15) is 40.4 Å². The zero-order valence-corrected chi connectivity index (χ0v) is 19.6. The number of benzene rings is 3. The average molecular weight is 488 g/mol. The second kappa shape index (κ2) is 10.2. The van der Waals surface area contributed by atoms with E-state index in [1.165, 1.54) is 17.0 Å². The lowest BCUT2D eigenvalue weighted by molar-refractivity contribution is -0.135. The molecule has 2 saturated heterocycles. The van der Waals surface area contributed by atoms with Crippen LogP contribution in [0.4, 0.5) is 14.9 Å². The Morgan fingerprint density at radius 3 is 2.25 bits per heavy atom. The number of hydrogen-bond acceptors (Lipinski definition) is 4. The number of rotatable bonds is 6. The minimum absolute atomic E-state index is 0.130. The molecular formula is C28H26FN3O4. The lowest BCUT2D eigenvalue weighted by Gasteiger charge is -2.28. The van der Waals surface area contributed by atoms with Gasteiger partial charge in [0, 0.05) is 24.3 Å². The monoisotopic (exact) mass is 487 g/mol. The van der Waals surface area contributed by atoms with Crippen molar-refractivity contribution in [3.8, 4) is 0 Å². The highest BCUT2D eigenvalue weighted by Crippen LogP contribution is 2.36. The fourth-order valence-electron chi connectivity index (χ4n) is 4.65. The van der Waals surface area contributed by atoms with E-state index in [4.69, 9.17) is 4.74 Å². The summed E-state index contributed by atoms with van der Waals surface area (Å²) in [7, 11) is 0. The summed E-state index contributed by atoms with van der Waals surface area (Å²) in [6.07, 6.45) is 0.450. The van der Waals surface area contributed by atoms with Gasteiger partial charge >= 0.3 is 6.09 Å². The minimum atomic E-state index is -0.842. The molecule has 0 radical (unpaired) electrons. The van der Waals surface area contributed by atoms with Gasteiger partial charge < -0.3 is 15.0 Å². The van der Waals surface area contributed by atoms with Gasteiger partial charge in [0.15, 0.2) is 12.1 Å². The van der Waals surface area contributed by atoms with E-state index in [0.29, 0.717) is 35.5 Å². The summed E-state index contributed by atoms with van der Waals surface area (Å²) in [5.74, 6) is -0.764. The topological polar surface area (TPSA) is 79.0 Å². The number of ether oxygens (including phenoxy) is 1. The van der Waals surface area contributed by atoms with E-state index in [-0.39, 0.29) is 24.2 Å². The maximum absolute atomic E-state index is 13.5.